The number of carbonyl (C=O) groups excluding carboxylic acids is 2. The van der Waals surface area contributed by atoms with Crippen molar-refractivity contribution >= 4 is 40.5 Å². The minimum atomic E-state index is -1.38. The predicted octanol–water partition coefficient (Wildman–Crippen LogP) is 2.83. The maximum absolute atomic E-state index is 15.2. The Morgan fingerprint density at radius 1 is 1.14 bits per heavy atom. The number of benzene rings is 1. The quantitative estimate of drug-likeness (QED) is 0.409. The molecular formula is C28H27F2N5O7. The van der Waals surface area contributed by atoms with E-state index in [1.807, 2.05) is 0 Å². The van der Waals surface area contributed by atoms with Crippen LogP contribution in [-0.4, -0.2) is 71.0 Å². The van der Waals surface area contributed by atoms with Gasteiger partial charge in [0, 0.05) is 38.2 Å². The first-order valence-corrected chi connectivity index (χ1v) is 13.5. The number of carboxylic acids is 1. The standard InChI is InChI=1S/C28H27F2N5O7/c1-14(36)31-10-18-12-35(28(40)42-18)16-4-5-23(21(29)8-16)41-17-6-7-33(11-17)26-22(30)9-19-24(37)20(27(38)39)13-34(15-2-3-15)25(19)32-26/h4-5,8-9,13,15,17-18H,2-3,6-7,10-12H2,1H3,(H,31,36)(H,38,39)/t17-,18+/m1/s1. The van der Waals surface area contributed by atoms with Gasteiger partial charge in [0.15, 0.2) is 23.2 Å². The van der Waals surface area contributed by atoms with Crippen molar-refractivity contribution in [1.29, 1.82) is 0 Å². The third kappa shape index (κ3) is 5.19. The fourth-order valence-corrected chi connectivity index (χ4v) is 5.29. The van der Waals surface area contributed by atoms with Crippen molar-refractivity contribution < 1.29 is 37.7 Å². The molecule has 0 unspecified atom stereocenters. The number of rotatable bonds is 8. The van der Waals surface area contributed by atoms with Crippen LogP contribution in [0.2, 0.25) is 0 Å². The van der Waals surface area contributed by atoms with Crippen LogP contribution in [0.25, 0.3) is 11.0 Å². The molecule has 3 fully saturated rings. The van der Waals surface area contributed by atoms with Gasteiger partial charge in [-0.1, -0.05) is 0 Å². The lowest BCUT2D eigenvalue weighted by molar-refractivity contribution is -0.119. The molecule has 4 heterocycles. The van der Waals surface area contributed by atoms with E-state index in [1.165, 1.54) is 30.2 Å². The van der Waals surface area contributed by atoms with Crippen molar-refractivity contribution in [2.75, 3.05) is 36.0 Å². The van der Waals surface area contributed by atoms with E-state index < -0.39 is 46.9 Å². The summed E-state index contributed by atoms with van der Waals surface area (Å²) in [6.07, 6.45) is 1.59. The van der Waals surface area contributed by atoms with Crippen molar-refractivity contribution in [2.24, 2.45) is 0 Å². The summed E-state index contributed by atoms with van der Waals surface area (Å²) in [6.45, 7) is 2.20. The summed E-state index contributed by atoms with van der Waals surface area (Å²) in [6, 6.07) is 5.12. The highest BCUT2D eigenvalue weighted by Crippen LogP contribution is 2.37. The van der Waals surface area contributed by atoms with Crippen LogP contribution in [0.4, 0.5) is 25.1 Å². The van der Waals surface area contributed by atoms with Gasteiger partial charge in [-0.05, 0) is 31.0 Å². The van der Waals surface area contributed by atoms with Crippen molar-refractivity contribution in [2.45, 2.75) is 44.4 Å². The van der Waals surface area contributed by atoms with E-state index in [-0.39, 0.29) is 59.9 Å². The van der Waals surface area contributed by atoms with E-state index >= 15 is 8.78 Å². The molecule has 2 saturated heterocycles. The Balaban J connectivity index is 1.17. The number of anilines is 2. The van der Waals surface area contributed by atoms with Crippen LogP contribution in [0.15, 0.2) is 35.3 Å². The van der Waals surface area contributed by atoms with E-state index in [1.54, 1.807) is 9.47 Å². The molecule has 1 saturated carbocycles. The number of aromatic carboxylic acids is 1. The van der Waals surface area contributed by atoms with Gasteiger partial charge < -0.3 is 29.4 Å². The van der Waals surface area contributed by atoms with Crippen LogP contribution < -0.4 is 25.3 Å². The maximum atomic E-state index is 15.2. The highest BCUT2D eigenvalue weighted by molar-refractivity contribution is 5.92. The maximum Gasteiger partial charge on any atom is 0.414 e. The molecule has 0 radical (unpaired) electrons. The van der Waals surface area contributed by atoms with Gasteiger partial charge in [0.1, 0.15) is 23.4 Å². The van der Waals surface area contributed by atoms with Gasteiger partial charge in [-0.15, -0.1) is 0 Å². The molecule has 42 heavy (non-hydrogen) atoms. The molecule has 2 N–H and O–H groups in total. The average molecular weight is 584 g/mol. The Morgan fingerprint density at radius 3 is 2.62 bits per heavy atom. The Bertz CT molecular complexity index is 1670. The predicted molar refractivity (Wildman–Crippen MR) is 145 cm³/mol. The van der Waals surface area contributed by atoms with Crippen LogP contribution in [-0.2, 0) is 9.53 Å². The first kappa shape index (κ1) is 27.4. The van der Waals surface area contributed by atoms with Gasteiger partial charge in [-0.2, -0.15) is 0 Å². The number of cyclic esters (lactones) is 1. The van der Waals surface area contributed by atoms with Gasteiger partial charge in [-0.25, -0.2) is 23.4 Å². The smallest absolute Gasteiger partial charge is 0.414 e. The van der Waals surface area contributed by atoms with Gasteiger partial charge in [-0.3, -0.25) is 14.5 Å². The topological polar surface area (TPSA) is 143 Å². The zero-order chi connectivity index (χ0) is 29.7. The van der Waals surface area contributed by atoms with Crippen LogP contribution in [0.1, 0.15) is 42.6 Å². The number of ether oxygens (including phenoxy) is 2. The monoisotopic (exact) mass is 583 g/mol. The minimum absolute atomic E-state index is 0.00246. The Kier molecular flexibility index (Phi) is 6.91. The number of carboxylic acid groups (broad SMARTS) is 1. The van der Waals surface area contributed by atoms with E-state index in [4.69, 9.17) is 9.47 Å². The number of aromatic nitrogens is 2. The molecule has 2 aliphatic heterocycles. The summed E-state index contributed by atoms with van der Waals surface area (Å²) >= 11 is 0. The SMILES string of the molecule is CC(=O)NC[C@H]1CN(c2ccc(O[C@@H]3CCN(c4nc5c(cc4F)c(=O)c(C(=O)O)cn5C4CC4)C3)c(F)c2)C(=O)O1. The third-order valence-corrected chi connectivity index (χ3v) is 7.53. The fourth-order valence-electron chi connectivity index (χ4n) is 5.29. The lowest BCUT2D eigenvalue weighted by atomic mass is 10.2. The second-order valence-corrected chi connectivity index (χ2v) is 10.6. The number of hydrogen-bond donors (Lipinski definition) is 2. The molecule has 2 amide bonds. The number of nitrogens with zero attached hydrogens (tertiary/aromatic N) is 4. The van der Waals surface area contributed by atoms with Crippen molar-refractivity contribution in [3.05, 3.63) is 57.9 Å². The van der Waals surface area contributed by atoms with Gasteiger partial charge in [0.05, 0.1) is 30.7 Å². The number of pyridine rings is 2. The molecule has 2 atom stereocenters. The van der Waals surface area contributed by atoms with Crippen LogP contribution in [0.5, 0.6) is 5.75 Å². The molecule has 3 aliphatic rings. The zero-order valence-electron chi connectivity index (χ0n) is 22.5. The molecule has 0 spiro atoms. The van der Waals surface area contributed by atoms with Gasteiger partial charge in [0.2, 0.25) is 11.3 Å². The summed E-state index contributed by atoms with van der Waals surface area (Å²) in [5, 5.41) is 11.9. The Hall–Kier alpha value is -4.75. The van der Waals surface area contributed by atoms with Gasteiger partial charge in [0.25, 0.3) is 0 Å². The molecule has 14 heteroatoms. The Labute approximate surface area is 237 Å². The minimum Gasteiger partial charge on any atom is -0.485 e. The van der Waals surface area contributed by atoms with Crippen LogP contribution in [0, 0.1) is 11.6 Å². The lowest BCUT2D eigenvalue weighted by Crippen LogP contribution is -2.33. The zero-order valence-corrected chi connectivity index (χ0v) is 22.5. The third-order valence-electron chi connectivity index (χ3n) is 7.53. The number of halogens is 2. The number of amides is 2. The molecule has 12 nitrogen and oxygen atoms in total. The number of hydrogen-bond acceptors (Lipinski definition) is 8. The molecule has 3 aromatic rings. The Morgan fingerprint density at radius 2 is 1.93 bits per heavy atom. The van der Waals surface area contributed by atoms with Crippen molar-refractivity contribution in [1.82, 2.24) is 14.9 Å². The fraction of sp³-hybridized carbons (Fsp3) is 0.393. The van der Waals surface area contributed by atoms with E-state index in [2.05, 4.69) is 10.3 Å². The molecule has 6 rings (SSSR count). The van der Waals surface area contributed by atoms with Crippen molar-refractivity contribution in [3.8, 4) is 5.75 Å². The van der Waals surface area contributed by atoms with Crippen LogP contribution in [0.3, 0.4) is 0 Å². The van der Waals surface area contributed by atoms with Crippen LogP contribution >= 0.6 is 0 Å². The summed E-state index contributed by atoms with van der Waals surface area (Å²) in [5.41, 5.74) is -0.732. The number of carbonyl (C=O) groups is 3. The molecule has 220 valence electrons. The van der Waals surface area contributed by atoms with E-state index in [9.17, 15) is 24.3 Å². The summed E-state index contributed by atoms with van der Waals surface area (Å²) in [7, 11) is 0. The van der Waals surface area contributed by atoms with Gasteiger partial charge >= 0.3 is 12.1 Å². The molecular weight excluding hydrogens is 556 g/mol. The highest BCUT2D eigenvalue weighted by Gasteiger charge is 2.34. The second-order valence-electron chi connectivity index (χ2n) is 10.6. The highest BCUT2D eigenvalue weighted by atomic mass is 19.1. The van der Waals surface area contributed by atoms with E-state index in [0.29, 0.717) is 13.0 Å². The molecule has 2 aromatic heterocycles. The number of fused-ring (bicyclic) bond motifs is 1. The summed E-state index contributed by atoms with van der Waals surface area (Å²) in [5.74, 6) is -3.13. The van der Waals surface area contributed by atoms with Crippen molar-refractivity contribution in [3.63, 3.8) is 0 Å². The number of nitrogens with one attached hydrogen (secondary N) is 1. The summed E-state index contributed by atoms with van der Waals surface area (Å²) in [4.78, 5) is 55.1. The normalized spacial score (nSPS) is 20.2. The average Bonchev–Trinajstić information content (AvgIpc) is 3.56. The molecule has 0 bridgehead atoms. The summed E-state index contributed by atoms with van der Waals surface area (Å²) < 4.78 is 43.0. The largest absolute Gasteiger partial charge is 0.485 e. The second kappa shape index (κ2) is 10.6. The van der Waals surface area contributed by atoms with E-state index in [0.717, 1.165) is 25.0 Å². The lowest BCUT2D eigenvalue weighted by Gasteiger charge is -2.21. The first-order chi connectivity index (χ1) is 20.1. The molecule has 1 aliphatic carbocycles. The first-order valence-electron chi connectivity index (χ1n) is 13.5. The molecule has 1 aromatic carbocycles.